The smallest absolute Gasteiger partial charge is 0.128 e. The largest absolute Gasteiger partial charge is 0.355 e. The topological polar surface area (TPSA) is 31.4 Å². The van der Waals surface area contributed by atoms with Crippen molar-refractivity contribution in [2.45, 2.75) is 45.2 Å². The quantitative estimate of drug-likeness (QED) is 0.901. The first-order chi connectivity index (χ1) is 10.3. The maximum atomic E-state index is 4.69. The van der Waals surface area contributed by atoms with E-state index >= 15 is 0 Å². The zero-order chi connectivity index (χ0) is 14.7. The van der Waals surface area contributed by atoms with Crippen molar-refractivity contribution in [3.63, 3.8) is 0 Å². The van der Waals surface area contributed by atoms with Crippen LogP contribution in [0, 0.1) is 0 Å². The predicted molar refractivity (Wildman–Crippen MR) is 87.8 cm³/mol. The molecule has 0 amide bonds. The van der Waals surface area contributed by atoms with Crippen LogP contribution in [0.2, 0.25) is 0 Å². The number of likely N-dealkylation sites (tertiary alicyclic amines) is 1. The van der Waals surface area contributed by atoms with E-state index in [1.807, 2.05) is 6.20 Å². The van der Waals surface area contributed by atoms with Crippen molar-refractivity contribution >= 4 is 5.82 Å². The molecule has 0 aliphatic carbocycles. The van der Waals surface area contributed by atoms with Gasteiger partial charge in [0.25, 0.3) is 0 Å². The Bertz CT molecular complexity index is 439. The first kappa shape index (κ1) is 14.8. The molecule has 0 aromatic carbocycles. The fourth-order valence-corrected chi connectivity index (χ4v) is 3.62. The highest BCUT2D eigenvalue weighted by atomic mass is 15.3. The van der Waals surface area contributed by atoms with Crippen LogP contribution in [-0.4, -0.2) is 48.6 Å². The van der Waals surface area contributed by atoms with Gasteiger partial charge >= 0.3 is 0 Å². The number of hydrogen-bond acceptors (Lipinski definition) is 4. The summed E-state index contributed by atoms with van der Waals surface area (Å²) in [5.41, 5.74) is 1.27. The zero-order valence-electron chi connectivity index (χ0n) is 13.4. The van der Waals surface area contributed by atoms with Gasteiger partial charge in [-0.15, -0.1) is 0 Å². The van der Waals surface area contributed by atoms with Gasteiger partial charge in [0, 0.05) is 31.4 Å². The highest BCUT2D eigenvalue weighted by molar-refractivity contribution is 5.41. The van der Waals surface area contributed by atoms with Crippen molar-refractivity contribution in [1.29, 1.82) is 0 Å². The van der Waals surface area contributed by atoms with Gasteiger partial charge in [0.15, 0.2) is 0 Å². The van der Waals surface area contributed by atoms with Crippen LogP contribution < -0.4 is 10.2 Å². The monoisotopic (exact) mass is 288 g/mol. The maximum Gasteiger partial charge on any atom is 0.128 e. The third kappa shape index (κ3) is 3.38. The Kier molecular flexibility index (Phi) is 4.76. The first-order valence-electron chi connectivity index (χ1n) is 8.46. The molecule has 3 rings (SSSR count). The van der Waals surface area contributed by atoms with Gasteiger partial charge in [-0.25, -0.2) is 4.98 Å². The predicted octanol–water partition coefficient (Wildman–Crippen LogP) is 2.43. The van der Waals surface area contributed by atoms with E-state index in [0.717, 1.165) is 31.5 Å². The molecule has 2 aliphatic heterocycles. The fourth-order valence-electron chi connectivity index (χ4n) is 3.62. The number of rotatable bonds is 5. The molecule has 21 heavy (non-hydrogen) atoms. The van der Waals surface area contributed by atoms with Crippen molar-refractivity contribution in [3.8, 4) is 0 Å². The van der Waals surface area contributed by atoms with Crippen molar-refractivity contribution in [2.75, 3.05) is 37.6 Å². The molecule has 3 heterocycles. The average Bonchev–Trinajstić information content (AvgIpc) is 3.19. The Morgan fingerprint density at radius 1 is 1.29 bits per heavy atom. The van der Waals surface area contributed by atoms with Crippen LogP contribution in [0.1, 0.15) is 44.7 Å². The highest BCUT2D eigenvalue weighted by Crippen LogP contribution is 2.24. The Hall–Kier alpha value is -1.13. The van der Waals surface area contributed by atoms with Crippen molar-refractivity contribution in [2.24, 2.45) is 0 Å². The number of pyridine rings is 1. The van der Waals surface area contributed by atoms with Gasteiger partial charge in [0.2, 0.25) is 0 Å². The molecule has 1 N–H and O–H groups in total. The number of anilines is 1. The third-order valence-corrected chi connectivity index (χ3v) is 4.93. The second-order valence-electron chi connectivity index (χ2n) is 6.36. The number of aromatic nitrogens is 1. The van der Waals surface area contributed by atoms with Crippen molar-refractivity contribution in [1.82, 2.24) is 15.2 Å². The minimum atomic E-state index is 0.382. The summed E-state index contributed by atoms with van der Waals surface area (Å²) in [7, 11) is 0. The molecule has 2 atom stereocenters. The van der Waals surface area contributed by atoms with Gasteiger partial charge in [-0.05, 0) is 57.5 Å². The number of nitrogens with one attached hydrogen (secondary N) is 1. The van der Waals surface area contributed by atoms with E-state index in [4.69, 9.17) is 4.98 Å². The van der Waals surface area contributed by atoms with Crippen molar-refractivity contribution < 1.29 is 0 Å². The Morgan fingerprint density at radius 2 is 2.10 bits per heavy atom. The summed E-state index contributed by atoms with van der Waals surface area (Å²) in [5.74, 6) is 1.14. The van der Waals surface area contributed by atoms with Crippen molar-refractivity contribution in [3.05, 3.63) is 23.9 Å². The summed E-state index contributed by atoms with van der Waals surface area (Å²) in [5, 5.41) is 3.43. The molecule has 0 radical (unpaired) electrons. The summed E-state index contributed by atoms with van der Waals surface area (Å²) in [4.78, 5) is 9.81. The van der Waals surface area contributed by atoms with E-state index in [2.05, 4.69) is 41.1 Å². The van der Waals surface area contributed by atoms with Gasteiger partial charge in [-0.2, -0.15) is 0 Å². The van der Waals surface area contributed by atoms with Crippen LogP contribution in [0.4, 0.5) is 5.82 Å². The molecule has 2 saturated heterocycles. The van der Waals surface area contributed by atoms with Crippen LogP contribution in [0.25, 0.3) is 0 Å². The Labute approximate surface area is 128 Å². The summed E-state index contributed by atoms with van der Waals surface area (Å²) >= 11 is 0. The SMILES string of the molecule is CCNC(C)c1ccc(N2CCC(N3CCCC3)C2)nc1. The van der Waals surface area contributed by atoms with Crippen LogP contribution in [0.15, 0.2) is 18.3 Å². The lowest BCUT2D eigenvalue weighted by molar-refractivity contribution is 0.260. The maximum absolute atomic E-state index is 4.69. The van der Waals surface area contributed by atoms with Gasteiger partial charge in [0.05, 0.1) is 0 Å². The zero-order valence-corrected chi connectivity index (χ0v) is 13.4. The van der Waals surface area contributed by atoms with Gasteiger partial charge in [-0.3, -0.25) is 4.90 Å². The van der Waals surface area contributed by atoms with E-state index in [1.54, 1.807) is 0 Å². The molecular formula is C17H28N4. The molecule has 1 aromatic heterocycles. The molecule has 2 unspecified atom stereocenters. The molecule has 0 bridgehead atoms. The molecule has 0 saturated carbocycles. The number of nitrogens with zero attached hydrogens (tertiary/aromatic N) is 3. The second-order valence-corrected chi connectivity index (χ2v) is 6.36. The van der Waals surface area contributed by atoms with E-state index in [1.165, 1.54) is 37.9 Å². The normalized spacial score (nSPS) is 24.7. The summed E-state index contributed by atoms with van der Waals surface area (Å²) < 4.78 is 0. The average molecular weight is 288 g/mol. The Morgan fingerprint density at radius 3 is 2.76 bits per heavy atom. The van der Waals surface area contributed by atoms with Crippen LogP contribution in [0.3, 0.4) is 0 Å². The van der Waals surface area contributed by atoms with Gasteiger partial charge in [0.1, 0.15) is 5.82 Å². The standard InChI is InChI=1S/C17H28N4/c1-3-18-14(2)15-6-7-17(19-12-15)21-11-8-16(13-21)20-9-4-5-10-20/h6-7,12,14,16,18H,3-5,8-11,13H2,1-2H3. The minimum absolute atomic E-state index is 0.382. The second kappa shape index (κ2) is 6.75. The molecule has 4 nitrogen and oxygen atoms in total. The van der Waals surface area contributed by atoms with E-state index in [0.29, 0.717) is 6.04 Å². The van der Waals surface area contributed by atoms with Gasteiger partial charge < -0.3 is 10.2 Å². The third-order valence-electron chi connectivity index (χ3n) is 4.93. The van der Waals surface area contributed by atoms with E-state index < -0.39 is 0 Å². The van der Waals surface area contributed by atoms with E-state index in [-0.39, 0.29) is 0 Å². The first-order valence-corrected chi connectivity index (χ1v) is 8.46. The molecular weight excluding hydrogens is 260 g/mol. The van der Waals surface area contributed by atoms with Crippen LogP contribution in [0.5, 0.6) is 0 Å². The fraction of sp³-hybridized carbons (Fsp3) is 0.706. The lowest BCUT2D eigenvalue weighted by Crippen LogP contribution is -2.35. The lowest BCUT2D eigenvalue weighted by atomic mass is 10.1. The minimum Gasteiger partial charge on any atom is -0.355 e. The van der Waals surface area contributed by atoms with Crippen LogP contribution in [-0.2, 0) is 0 Å². The lowest BCUT2D eigenvalue weighted by Gasteiger charge is -2.24. The molecule has 4 heteroatoms. The molecule has 1 aromatic rings. The molecule has 2 fully saturated rings. The van der Waals surface area contributed by atoms with Crippen LogP contribution >= 0.6 is 0 Å². The Balaban J connectivity index is 1.59. The molecule has 2 aliphatic rings. The van der Waals surface area contributed by atoms with Gasteiger partial charge in [-0.1, -0.05) is 13.0 Å². The summed E-state index contributed by atoms with van der Waals surface area (Å²) in [6.45, 7) is 10.2. The van der Waals surface area contributed by atoms with E-state index in [9.17, 15) is 0 Å². The molecule has 116 valence electrons. The summed E-state index contributed by atoms with van der Waals surface area (Å²) in [6, 6.07) is 5.54. The summed E-state index contributed by atoms with van der Waals surface area (Å²) in [6.07, 6.45) is 6.08. The molecule has 0 spiro atoms. The number of hydrogen-bond donors (Lipinski definition) is 1. The highest BCUT2D eigenvalue weighted by Gasteiger charge is 2.29.